The zero-order chi connectivity index (χ0) is 14.0. The largest absolute Gasteiger partial charge is 0.348 e. The molecule has 108 valence electrons. The molecule has 1 spiro atoms. The number of aromatic nitrogens is 2. The Labute approximate surface area is 117 Å². The molecule has 6 nitrogen and oxygen atoms in total. The maximum atomic E-state index is 12.2. The molecule has 1 aromatic heterocycles. The Hall–Kier alpha value is -1.53. The van der Waals surface area contributed by atoms with Gasteiger partial charge < -0.3 is 14.8 Å². The van der Waals surface area contributed by atoms with Crippen molar-refractivity contribution in [3.05, 3.63) is 18.2 Å². The van der Waals surface area contributed by atoms with Crippen LogP contribution in [0.25, 0.3) is 0 Å². The molecule has 0 radical (unpaired) electrons. The average molecular weight is 277 g/mol. The Morgan fingerprint density at radius 3 is 2.45 bits per heavy atom. The number of anilines is 1. The van der Waals surface area contributed by atoms with E-state index in [1.54, 1.807) is 12.4 Å². The molecule has 0 atom stereocenters. The number of carbonyl (C=O) groups excluding carboxylic acids is 1. The fourth-order valence-corrected chi connectivity index (χ4v) is 2.81. The quantitative estimate of drug-likeness (QED) is 0.890. The minimum Gasteiger partial charge on any atom is -0.348 e. The molecule has 2 aliphatic rings. The first-order valence-electron chi connectivity index (χ1n) is 7.04. The Kier molecular flexibility index (Phi) is 3.67. The summed E-state index contributed by atoms with van der Waals surface area (Å²) < 4.78 is 11.3. The summed E-state index contributed by atoms with van der Waals surface area (Å²) in [5, 5.41) is 2.87. The average Bonchev–Trinajstić information content (AvgIpc) is 2.90. The summed E-state index contributed by atoms with van der Waals surface area (Å²) in [5.41, 5.74) is 0.647. The van der Waals surface area contributed by atoms with Crippen LogP contribution in [0.2, 0.25) is 0 Å². The fourth-order valence-electron chi connectivity index (χ4n) is 2.81. The maximum Gasteiger partial charge on any atom is 0.227 e. The van der Waals surface area contributed by atoms with Gasteiger partial charge in [0.05, 0.1) is 31.3 Å². The van der Waals surface area contributed by atoms with E-state index in [1.807, 2.05) is 6.92 Å². The van der Waals surface area contributed by atoms with Gasteiger partial charge >= 0.3 is 0 Å². The van der Waals surface area contributed by atoms with Crippen LogP contribution in [-0.2, 0) is 14.3 Å². The molecule has 0 unspecified atom stereocenters. The molecule has 1 saturated heterocycles. The van der Waals surface area contributed by atoms with Crippen LogP contribution in [0, 0.1) is 12.8 Å². The molecule has 1 aliphatic carbocycles. The van der Waals surface area contributed by atoms with Gasteiger partial charge in [-0.2, -0.15) is 0 Å². The summed E-state index contributed by atoms with van der Waals surface area (Å²) in [4.78, 5) is 20.3. The second-order valence-electron chi connectivity index (χ2n) is 5.39. The first-order valence-corrected chi connectivity index (χ1v) is 7.04. The van der Waals surface area contributed by atoms with Crippen molar-refractivity contribution < 1.29 is 14.3 Å². The Bertz CT molecular complexity index is 473. The van der Waals surface area contributed by atoms with Gasteiger partial charge in [-0.1, -0.05) is 0 Å². The lowest BCUT2D eigenvalue weighted by Gasteiger charge is -2.34. The predicted octanol–water partition coefficient (Wildman–Crippen LogP) is 1.66. The van der Waals surface area contributed by atoms with E-state index in [2.05, 4.69) is 15.3 Å². The van der Waals surface area contributed by atoms with Crippen LogP contribution in [0.5, 0.6) is 0 Å². The number of nitrogens with one attached hydrogen (secondary N) is 1. The van der Waals surface area contributed by atoms with Crippen LogP contribution in [-0.4, -0.2) is 34.9 Å². The van der Waals surface area contributed by atoms with E-state index < -0.39 is 5.79 Å². The number of carbonyl (C=O) groups is 1. The molecule has 2 heterocycles. The van der Waals surface area contributed by atoms with Gasteiger partial charge in [0.15, 0.2) is 5.79 Å². The molecular weight excluding hydrogens is 258 g/mol. The summed E-state index contributed by atoms with van der Waals surface area (Å²) in [6.45, 7) is 3.14. The van der Waals surface area contributed by atoms with E-state index in [0.717, 1.165) is 25.7 Å². The molecule has 0 aromatic carbocycles. The van der Waals surface area contributed by atoms with E-state index in [9.17, 15) is 4.79 Å². The van der Waals surface area contributed by atoms with Crippen molar-refractivity contribution >= 4 is 11.6 Å². The number of hydrogen-bond donors (Lipinski definition) is 1. The molecule has 6 heteroatoms. The predicted molar refractivity (Wildman–Crippen MR) is 72.0 cm³/mol. The van der Waals surface area contributed by atoms with Crippen LogP contribution in [0.15, 0.2) is 12.4 Å². The van der Waals surface area contributed by atoms with Crippen molar-refractivity contribution in [3.8, 4) is 0 Å². The second-order valence-corrected chi connectivity index (χ2v) is 5.39. The van der Waals surface area contributed by atoms with Gasteiger partial charge in [-0.15, -0.1) is 0 Å². The maximum absolute atomic E-state index is 12.2. The smallest absolute Gasteiger partial charge is 0.227 e. The SMILES string of the molecule is Cc1ncc(NC(=O)C2CCC3(CC2)OCCO3)cn1. The summed E-state index contributed by atoms with van der Waals surface area (Å²) in [6.07, 6.45) is 6.42. The normalized spacial score (nSPS) is 22.1. The number of nitrogens with zero attached hydrogens (tertiary/aromatic N) is 2. The number of amides is 1. The highest BCUT2D eigenvalue weighted by Gasteiger charge is 2.41. The molecule has 1 aliphatic heterocycles. The van der Waals surface area contributed by atoms with Gasteiger partial charge in [0.1, 0.15) is 5.82 Å². The number of rotatable bonds is 2. The van der Waals surface area contributed by atoms with Gasteiger partial charge in [-0.3, -0.25) is 4.79 Å². The number of aryl methyl sites for hydroxylation is 1. The molecule has 1 N–H and O–H groups in total. The van der Waals surface area contributed by atoms with Crippen molar-refractivity contribution in [1.82, 2.24) is 9.97 Å². The highest BCUT2D eigenvalue weighted by atomic mass is 16.7. The Balaban J connectivity index is 1.55. The highest BCUT2D eigenvalue weighted by Crippen LogP contribution is 2.38. The molecule has 1 aromatic rings. The van der Waals surface area contributed by atoms with Gasteiger partial charge in [0.25, 0.3) is 0 Å². The standard InChI is InChI=1S/C14H19N3O3/c1-10-15-8-12(9-16-10)17-13(18)11-2-4-14(5-3-11)19-6-7-20-14/h8-9,11H,2-7H2,1H3,(H,17,18). The van der Waals surface area contributed by atoms with E-state index >= 15 is 0 Å². The van der Waals surface area contributed by atoms with Crippen LogP contribution >= 0.6 is 0 Å². The molecule has 2 fully saturated rings. The molecule has 1 amide bonds. The lowest BCUT2D eigenvalue weighted by atomic mass is 9.84. The summed E-state index contributed by atoms with van der Waals surface area (Å²) >= 11 is 0. The van der Waals surface area contributed by atoms with Crippen molar-refractivity contribution in [2.24, 2.45) is 5.92 Å². The van der Waals surface area contributed by atoms with Crippen LogP contribution in [0.1, 0.15) is 31.5 Å². The topological polar surface area (TPSA) is 73.3 Å². The zero-order valence-electron chi connectivity index (χ0n) is 11.6. The fraction of sp³-hybridized carbons (Fsp3) is 0.643. The summed E-state index contributed by atoms with van der Waals surface area (Å²) in [7, 11) is 0. The van der Waals surface area contributed by atoms with Gasteiger partial charge in [0.2, 0.25) is 5.91 Å². The van der Waals surface area contributed by atoms with Crippen molar-refractivity contribution in [3.63, 3.8) is 0 Å². The third-order valence-corrected chi connectivity index (χ3v) is 3.98. The first kappa shape index (κ1) is 13.5. The molecule has 0 bridgehead atoms. The third-order valence-electron chi connectivity index (χ3n) is 3.98. The number of hydrogen-bond acceptors (Lipinski definition) is 5. The van der Waals surface area contributed by atoms with Crippen molar-refractivity contribution in [1.29, 1.82) is 0 Å². The van der Waals surface area contributed by atoms with Gasteiger partial charge in [-0.25, -0.2) is 9.97 Å². The molecule has 1 saturated carbocycles. The van der Waals surface area contributed by atoms with E-state index in [4.69, 9.17) is 9.47 Å². The van der Waals surface area contributed by atoms with Gasteiger partial charge in [-0.05, 0) is 19.8 Å². The zero-order valence-corrected chi connectivity index (χ0v) is 11.6. The minimum absolute atomic E-state index is 0.00901. The van der Waals surface area contributed by atoms with E-state index in [-0.39, 0.29) is 11.8 Å². The lowest BCUT2D eigenvalue weighted by molar-refractivity contribution is -0.182. The van der Waals surface area contributed by atoms with Crippen LogP contribution in [0.4, 0.5) is 5.69 Å². The lowest BCUT2D eigenvalue weighted by Crippen LogP contribution is -2.38. The van der Waals surface area contributed by atoms with Crippen molar-refractivity contribution in [2.75, 3.05) is 18.5 Å². The summed E-state index contributed by atoms with van der Waals surface area (Å²) in [6, 6.07) is 0. The molecular formula is C14H19N3O3. The van der Waals surface area contributed by atoms with Crippen LogP contribution in [0.3, 0.4) is 0 Å². The first-order chi connectivity index (χ1) is 9.67. The monoisotopic (exact) mass is 277 g/mol. The third kappa shape index (κ3) is 2.81. The van der Waals surface area contributed by atoms with E-state index in [1.165, 1.54) is 0 Å². The number of ether oxygens (including phenoxy) is 2. The highest BCUT2D eigenvalue weighted by molar-refractivity contribution is 5.92. The Morgan fingerprint density at radius 2 is 1.85 bits per heavy atom. The van der Waals surface area contributed by atoms with E-state index in [0.29, 0.717) is 24.7 Å². The summed E-state index contributed by atoms with van der Waals surface area (Å²) in [5.74, 6) is 0.321. The Morgan fingerprint density at radius 1 is 1.25 bits per heavy atom. The molecule has 20 heavy (non-hydrogen) atoms. The van der Waals surface area contributed by atoms with Crippen LogP contribution < -0.4 is 5.32 Å². The molecule has 3 rings (SSSR count). The second kappa shape index (κ2) is 5.46. The van der Waals surface area contributed by atoms with Gasteiger partial charge in [0, 0.05) is 18.8 Å². The van der Waals surface area contributed by atoms with Crippen molar-refractivity contribution in [2.45, 2.75) is 38.4 Å². The minimum atomic E-state index is -0.413.